The molecule has 0 aromatic heterocycles. The molecule has 1 heterocycles. The zero-order chi connectivity index (χ0) is 10.6. The minimum atomic E-state index is -0.154. The Balaban J connectivity index is 2.31. The fraction of sp³-hybridized carbons (Fsp3) is 0.700. The predicted octanol–water partition coefficient (Wildman–Crippen LogP) is 1.00. The molecule has 0 radical (unpaired) electrons. The lowest BCUT2D eigenvalue weighted by molar-refractivity contribution is -0.145. The summed E-state index contributed by atoms with van der Waals surface area (Å²) in [5, 5.41) is 0. The largest absolute Gasteiger partial charge is 0.464 e. The molecule has 4 nitrogen and oxygen atoms in total. The van der Waals surface area contributed by atoms with E-state index in [4.69, 9.17) is 4.74 Å². The molecule has 1 aliphatic rings. The summed E-state index contributed by atoms with van der Waals surface area (Å²) in [6, 6.07) is 0. The Morgan fingerprint density at radius 1 is 1.50 bits per heavy atom. The Kier molecular flexibility index (Phi) is 3.80. The molecule has 0 spiro atoms. The van der Waals surface area contributed by atoms with Gasteiger partial charge in [0, 0.05) is 19.4 Å². The van der Waals surface area contributed by atoms with Gasteiger partial charge in [-0.3, -0.25) is 4.79 Å². The highest BCUT2D eigenvalue weighted by atomic mass is 16.5. The predicted molar refractivity (Wildman–Crippen MR) is 54.3 cm³/mol. The van der Waals surface area contributed by atoms with Crippen LogP contribution >= 0.6 is 0 Å². The first-order valence-electron chi connectivity index (χ1n) is 4.96. The number of hydrogen-bond donors (Lipinski definition) is 0. The molecule has 1 atom stereocenters. The second kappa shape index (κ2) is 4.88. The van der Waals surface area contributed by atoms with E-state index in [1.165, 1.54) is 0 Å². The van der Waals surface area contributed by atoms with E-state index in [2.05, 4.69) is 0 Å². The third-order valence-electron chi connectivity index (χ3n) is 2.34. The van der Waals surface area contributed by atoms with Gasteiger partial charge in [-0.25, -0.2) is 0 Å². The molecule has 0 saturated carbocycles. The van der Waals surface area contributed by atoms with E-state index >= 15 is 0 Å². The lowest BCUT2D eigenvalue weighted by atomic mass is 10.4. The number of ether oxygens (including phenoxy) is 1. The van der Waals surface area contributed by atoms with E-state index in [0.29, 0.717) is 13.2 Å². The van der Waals surface area contributed by atoms with Gasteiger partial charge in [-0.1, -0.05) is 6.92 Å². The zero-order valence-corrected chi connectivity index (χ0v) is 9.06. The molecule has 14 heavy (non-hydrogen) atoms. The molecule has 1 rings (SSSR count). The maximum atomic E-state index is 11.3. The number of hydrogen-bond acceptors (Lipinski definition) is 4. The molecule has 80 valence electrons. The van der Waals surface area contributed by atoms with Crippen molar-refractivity contribution in [3.05, 3.63) is 12.4 Å². The highest BCUT2D eigenvalue weighted by Crippen LogP contribution is 2.12. The van der Waals surface area contributed by atoms with Crippen LogP contribution in [0.3, 0.4) is 0 Å². The van der Waals surface area contributed by atoms with E-state index < -0.39 is 0 Å². The van der Waals surface area contributed by atoms with E-state index in [1.807, 2.05) is 43.1 Å². The average Bonchev–Trinajstić information content (AvgIpc) is 2.46. The van der Waals surface area contributed by atoms with Gasteiger partial charge in [0.25, 0.3) is 0 Å². The molecule has 0 aromatic carbocycles. The second-order valence-electron chi connectivity index (χ2n) is 3.49. The topological polar surface area (TPSA) is 32.8 Å². The third kappa shape index (κ3) is 2.65. The quantitative estimate of drug-likeness (QED) is 0.631. The number of esters is 1. The van der Waals surface area contributed by atoms with Gasteiger partial charge in [-0.15, -0.1) is 0 Å². The van der Waals surface area contributed by atoms with Gasteiger partial charge in [0.15, 0.2) is 0 Å². The molecule has 0 saturated heterocycles. The maximum absolute atomic E-state index is 11.3. The molecule has 0 fully saturated rings. The van der Waals surface area contributed by atoms with Crippen molar-refractivity contribution in [1.82, 2.24) is 9.80 Å². The van der Waals surface area contributed by atoms with Crippen molar-refractivity contribution in [1.29, 1.82) is 0 Å². The Bertz CT molecular complexity index is 228. The Morgan fingerprint density at radius 3 is 2.71 bits per heavy atom. The molecule has 0 amide bonds. The molecular formula is C10H18N2O2. The molecule has 0 N–H and O–H groups in total. The first kappa shape index (κ1) is 10.9. The van der Waals surface area contributed by atoms with Crippen LogP contribution in [-0.4, -0.2) is 42.1 Å². The number of carbonyl (C=O) groups excluding carboxylic acids is 1. The van der Waals surface area contributed by atoms with Crippen molar-refractivity contribution in [3.63, 3.8) is 0 Å². The zero-order valence-electron chi connectivity index (χ0n) is 9.06. The molecule has 0 aromatic rings. The van der Waals surface area contributed by atoms with Crippen LogP contribution in [-0.2, 0) is 9.53 Å². The van der Waals surface area contributed by atoms with Crippen LogP contribution in [0.2, 0.25) is 0 Å². The van der Waals surface area contributed by atoms with Crippen LogP contribution < -0.4 is 0 Å². The highest BCUT2D eigenvalue weighted by molar-refractivity contribution is 5.71. The van der Waals surface area contributed by atoms with Crippen LogP contribution in [0.25, 0.3) is 0 Å². The fourth-order valence-electron chi connectivity index (χ4n) is 1.27. The SMILES string of the molecule is CCCOC(=O)CN1C=CN(C)C1C. The summed E-state index contributed by atoms with van der Waals surface area (Å²) in [4.78, 5) is 15.3. The van der Waals surface area contributed by atoms with Crippen LogP contribution in [0.4, 0.5) is 0 Å². The molecule has 1 unspecified atom stereocenters. The molecular weight excluding hydrogens is 180 g/mol. The lowest BCUT2D eigenvalue weighted by Crippen LogP contribution is -2.37. The summed E-state index contributed by atoms with van der Waals surface area (Å²) >= 11 is 0. The summed E-state index contributed by atoms with van der Waals surface area (Å²) in [5.41, 5.74) is 0. The van der Waals surface area contributed by atoms with Gasteiger partial charge in [0.05, 0.1) is 12.8 Å². The maximum Gasteiger partial charge on any atom is 0.325 e. The molecule has 0 bridgehead atoms. The fourth-order valence-corrected chi connectivity index (χ4v) is 1.27. The van der Waals surface area contributed by atoms with Crippen molar-refractivity contribution in [2.24, 2.45) is 0 Å². The standard InChI is InChI=1S/C10H18N2O2/c1-4-7-14-10(13)8-12-6-5-11(3)9(12)2/h5-6,9H,4,7-8H2,1-3H3. The van der Waals surface area contributed by atoms with Crippen LogP contribution in [0.1, 0.15) is 20.3 Å². The van der Waals surface area contributed by atoms with Crippen LogP contribution in [0, 0.1) is 0 Å². The van der Waals surface area contributed by atoms with Crippen molar-refractivity contribution in [3.8, 4) is 0 Å². The minimum Gasteiger partial charge on any atom is -0.464 e. The van der Waals surface area contributed by atoms with Gasteiger partial charge in [-0.05, 0) is 13.3 Å². The van der Waals surface area contributed by atoms with Gasteiger partial charge in [-0.2, -0.15) is 0 Å². The first-order chi connectivity index (χ1) is 6.65. The van der Waals surface area contributed by atoms with Crippen LogP contribution in [0.15, 0.2) is 12.4 Å². The number of rotatable bonds is 4. The van der Waals surface area contributed by atoms with Gasteiger partial charge >= 0.3 is 5.97 Å². The smallest absolute Gasteiger partial charge is 0.325 e. The van der Waals surface area contributed by atoms with E-state index in [0.717, 1.165) is 6.42 Å². The van der Waals surface area contributed by atoms with Gasteiger partial charge in [0.2, 0.25) is 0 Å². The van der Waals surface area contributed by atoms with Crippen molar-refractivity contribution < 1.29 is 9.53 Å². The van der Waals surface area contributed by atoms with Crippen molar-refractivity contribution in [2.45, 2.75) is 26.4 Å². The summed E-state index contributed by atoms with van der Waals surface area (Å²) in [7, 11) is 1.98. The van der Waals surface area contributed by atoms with Gasteiger partial charge < -0.3 is 14.5 Å². The molecule has 0 aliphatic carbocycles. The summed E-state index contributed by atoms with van der Waals surface area (Å²) < 4.78 is 5.00. The van der Waals surface area contributed by atoms with Crippen molar-refractivity contribution in [2.75, 3.05) is 20.2 Å². The number of nitrogens with zero attached hydrogens (tertiary/aromatic N) is 2. The summed E-state index contributed by atoms with van der Waals surface area (Å²) in [5.74, 6) is -0.154. The second-order valence-corrected chi connectivity index (χ2v) is 3.49. The minimum absolute atomic E-state index is 0.154. The van der Waals surface area contributed by atoms with Crippen LogP contribution in [0.5, 0.6) is 0 Å². The summed E-state index contributed by atoms with van der Waals surface area (Å²) in [6.07, 6.45) is 4.98. The molecule has 4 heteroatoms. The monoisotopic (exact) mass is 198 g/mol. The highest BCUT2D eigenvalue weighted by Gasteiger charge is 2.20. The normalized spacial score (nSPS) is 20.4. The lowest BCUT2D eigenvalue weighted by Gasteiger charge is -2.25. The third-order valence-corrected chi connectivity index (χ3v) is 2.34. The Morgan fingerprint density at radius 2 is 2.21 bits per heavy atom. The first-order valence-corrected chi connectivity index (χ1v) is 4.96. The summed E-state index contributed by atoms with van der Waals surface area (Å²) in [6.45, 7) is 4.88. The van der Waals surface area contributed by atoms with E-state index in [-0.39, 0.29) is 12.1 Å². The van der Waals surface area contributed by atoms with E-state index in [1.54, 1.807) is 0 Å². The average molecular weight is 198 g/mol. The molecule has 1 aliphatic heterocycles. The van der Waals surface area contributed by atoms with Crippen molar-refractivity contribution >= 4 is 5.97 Å². The van der Waals surface area contributed by atoms with E-state index in [9.17, 15) is 4.79 Å². The number of carbonyl (C=O) groups is 1. The Labute approximate surface area is 85.1 Å². The Hall–Kier alpha value is -1.19. The van der Waals surface area contributed by atoms with Gasteiger partial charge in [0.1, 0.15) is 6.54 Å².